The molecule has 2 unspecified atom stereocenters. The van der Waals surface area contributed by atoms with Crippen molar-refractivity contribution in [3.8, 4) is 0 Å². The van der Waals surface area contributed by atoms with Crippen molar-refractivity contribution < 1.29 is 4.74 Å². The van der Waals surface area contributed by atoms with Crippen molar-refractivity contribution in [1.82, 2.24) is 0 Å². The third-order valence-electron chi connectivity index (χ3n) is 4.05. The molecule has 0 spiro atoms. The zero-order chi connectivity index (χ0) is 14.4. The molecule has 2 N–H and O–H groups in total. The molecule has 1 aromatic rings. The second-order valence-corrected chi connectivity index (χ2v) is 5.65. The molecule has 20 heavy (non-hydrogen) atoms. The van der Waals surface area contributed by atoms with E-state index in [0.29, 0.717) is 6.10 Å². The van der Waals surface area contributed by atoms with Gasteiger partial charge in [0.2, 0.25) is 0 Å². The summed E-state index contributed by atoms with van der Waals surface area (Å²) in [5.41, 5.74) is 8.83. The molecule has 3 heteroatoms. The lowest BCUT2D eigenvalue weighted by atomic mass is 10.00. The van der Waals surface area contributed by atoms with Crippen LogP contribution in [0, 0.1) is 0 Å². The van der Waals surface area contributed by atoms with Gasteiger partial charge in [-0.05, 0) is 37.3 Å². The fourth-order valence-corrected chi connectivity index (χ4v) is 2.89. The summed E-state index contributed by atoms with van der Waals surface area (Å²) in [5.74, 6) is 0. The van der Waals surface area contributed by atoms with E-state index in [4.69, 9.17) is 10.5 Å². The Balaban J connectivity index is 2.10. The summed E-state index contributed by atoms with van der Waals surface area (Å²) in [4.78, 5) is 2.45. The Kier molecular flexibility index (Phi) is 5.86. The van der Waals surface area contributed by atoms with Crippen LogP contribution in [0.15, 0.2) is 24.3 Å². The van der Waals surface area contributed by atoms with Crippen LogP contribution in [0.3, 0.4) is 0 Å². The highest BCUT2D eigenvalue weighted by atomic mass is 16.5. The van der Waals surface area contributed by atoms with Gasteiger partial charge in [-0.25, -0.2) is 0 Å². The van der Waals surface area contributed by atoms with E-state index in [0.717, 1.165) is 32.5 Å². The number of anilines is 1. The number of rotatable bonds is 6. The van der Waals surface area contributed by atoms with Crippen molar-refractivity contribution in [2.75, 3.05) is 24.6 Å². The smallest absolute Gasteiger partial charge is 0.0750 e. The summed E-state index contributed by atoms with van der Waals surface area (Å²) < 4.78 is 5.94. The molecule has 3 nitrogen and oxygen atoms in total. The van der Waals surface area contributed by atoms with Crippen molar-refractivity contribution in [3.63, 3.8) is 0 Å². The number of hydrogen-bond acceptors (Lipinski definition) is 3. The molecular formula is C17H28N2O. The van der Waals surface area contributed by atoms with Crippen molar-refractivity contribution >= 4 is 5.69 Å². The molecule has 1 aromatic carbocycles. The van der Waals surface area contributed by atoms with Gasteiger partial charge in [-0.15, -0.1) is 0 Å². The highest BCUT2D eigenvalue weighted by Gasteiger charge is 2.23. The molecule has 1 aliphatic heterocycles. The zero-order valence-electron chi connectivity index (χ0n) is 12.8. The molecule has 0 aromatic heterocycles. The number of ether oxygens (including phenoxy) is 1. The van der Waals surface area contributed by atoms with Gasteiger partial charge < -0.3 is 15.4 Å². The van der Waals surface area contributed by atoms with Crippen molar-refractivity contribution in [1.29, 1.82) is 0 Å². The maximum atomic E-state index is 6.26. The Morgan fingerprint density at radius 3 is 2.90 bits per heavy atom. The molecule has 0 aliphatic carbocycles. The second-order valence-electron chi connectivity index (χ2n) is 5.65. The number of benzene rings is 1. The highest BCUT2D eigenvalue weighted by Crippen LogP contribution is 2.29. The standard InChI is InChI=1S/C17H28N2O/c1-3-12-20-14-8-7-11-19(13-14)17-10-6-5-9-15(17)16(18)4-2/h5-6,9-10,14,16H,3-4,7-8,11-13,18H2,1-2H3. The molecule has 1 saturated heterocycles. The van der Waals surface area contributed by atoms with Crippen LogP contribution in [0.2, 0.25) is 0 Å². The fourth-order valence-electron chi connectivity index (χ4n) is 2.89. The summed E-state index contributed by atoms with van der Waals surface area (Å²) in [6.07, 6.45) is 4.81. The largest absolute Gasteiger partial charge is 0.376 e. The average molecular weight is 276 g/mol. The predicted molar refractivity (Wildman–Crippen MR) is 85.1 cm³/mol. The fraction of sp³-hybridized carbons (Fsp3) is 0.647. The minimum atomic E-state index is 0.128. The number of nitrogens with zero attached hydrogens (tertiary/aromatic N) is 1. The maximum Gasteiger partial charge on any atom is 0.0750 e. The van der Waals surface area contributed by atoms with E-state index >= 15 is 0 Å². The maximum absolute atomic E-state index is 6.26. The van der Waals surface area contributed by atoms with Crippen LogP contribution in [0.4, 0.5) is 5.69 Å². The molecule has 0 bridgehead atoms. The minimum Gasteiger partial charge on any atom is -0.376 e. The van der Waals surface area contributed by atoms with Gasteiger partial charge in [-0.3, -0.25) is 0 Å². The first-order valence-corrected chi connectivity index (χ1v) is 7.97. The van der Waals surface area contributed by atoms with Gasteiger partial charge >= 0.3 is 0 Å². The van der Waals surface area contributed by atoms with E-state index in [1.54, 1.807) is 0 Å². The van der Waals surface area contributed by atoms with Crippen LogP contribution in [0.1, 0.15) is 51.1 Å². The Morgan fingerprint density at radius 2 is 2.15 bits per heavy atom. The molecule has 0 radical (unpaired) electrons. The van der Waals surface area contributed by atoms with Crippen LogP contribution in [-0.4, -0.2) is 25.8 Å². The van der Waals surface area contributed by atoms with Crippen LogP contribution in [-0.2, 0) is 4.74 Å². The topological polar surface area (TPSA) is 38.5 Å². The van der Waals surface area contributed by atoms with Crippen molar-refractivity contribution in [2.24, 2.45) is 5.73 Å². The zero-order valence-corrected chi connectivity index (χ0v) is 12.8. The SMILES string of the molecule is CCCOC1CCCN(c2ccccc2C(N)CC)C1. The molecule has 2 rings (SSSR count). The minimum absolute atomic E-state index is 0.128. The molecular weight excluding hydrogens is 248 g/mol. The van der Waals surface area contributed by atoms with Crippen molar-refractivity contribution in [2.45, 2.75) is 51.7 Å². The lowest BCUT2D eigenvalue weighted by Gasteiger charge is -2.36. The Labute approximate surface area is 123 Å². The normalized spacial score (nSPS) is 20.9. The lowest BCUT2D eigenvalue weighted by molar-refractivity contribution is 0.0440. The molecule has 1 heterocycles. The number of piperidine rings is 1. The second kappa shape index (κ2) is 7.65. The molecule has 0 amide bonds. The lowest BCUT2D eigenvalue weighted by Crippen LogP contribution is -2.40. The van der Waals surface area contributed by atoms with Gasteiger partial charge in [0.25, 0.3) is 0 Å². The predicted octanol–water partition coefficient (Wildman–Crippen LogP) is 3.49. The van der Waals surface area contributed by atoms with Gasteiger partial charge in [-0.2, -0.15) is 0 Å². The van der Waals surface area contributed by atoms with Crippen LogP contribution in [0.25, 0.3) is 0 Å². The first-order valence-electron chi connectivity index (χ1n) is 7.97. The van der Waals surface area contributed by atoms with Gasteiger partial charge in [0.1, 0.15) is 0 Å². The first kappa shape index (κ1) is 15.3. The van der Waals surface area contributed by atoms with E-state index in [2.05, 4.69) is 43.0 Å². The number of para-hydroxylation sites is 1. The van der Waals surface area contributed by atoms with E-state index in [1.165, 1.54) is 24.1 Å². The highest BCUT2D eigenvalue weighted by molar-refractivity contribution is 5.55. The molecule has 1 fully saturated rings. The van der Waals surface area contributed by atoms with E-state index in [-0.39, 0.29) is 6.04 Å². The number of hydrogen-bond donors (Lipinski definition) is 1. The summed E-state index contributed by atoms with van der Waals surface area (Å²) >= 11 is 0. The van der Waals surface area contributed by atoms with Crippen LogP contribution < -0.4 is 10.6 Å². The molecule has 0 saturated carbocycles. The summed E-state index contributed by atoms with van der Waals surface area (Å²) in [6, 6.07) is 8.69. The van der Waals surface area contributed by atoms with Crippen LogP contribution >= 0.6 is 0 Å². The first-order chi connectivity index (χ1) is 9.76. The van der Waals surface area contributed by atoms with Gasteiger partial charge in [0.05, 0.1) is 6.10 Å². The summed E-state index contributed by atoms with van der Waals surface area (Å²) in [6.45, 7) is 7.28. The van der Waals surface area contributed by atoms with Crippen LogP contribution in [0.5, 0.6) is 0 Å². The Morgan fingerprint density at radius 1 is 1.35 bits per heavy atom. The average Bonchev–Trinajstić information content (AvgIpc) is 2.52. The summed E-state index contributed by atoms with van der Waals surface area (Å²) in [5, 5.41) is 0. The molecule has 1 aliphatic rings. The van der Waals surface area contributed by atoms with E-state index in [9.17, 15) is 0 Å². The van der Waals surface area contributed by atoms with E-state index < -0.39 is 0 Å². The third-order valence-corrected chi connectivity index (χ3v) is 4.05. The van der Waals surface area contributed by atoms with Gasteiger partial charge in [-0.1, -0.05) is 32.0 Å². The van der Waals surface area contributed by atoms with Gasteiger partial charge in [0.15, 0.2) is 0 Å². The molecule has 2 atom stereocenters. The quantitative estimate of drug-likeness (QED) is 0.864. The van der Waals surface area contributed by atoms with E-state index in [1.807, 2.05) is 0 Å². The number of nitrogens with two attached hydrogens (primary N) is 1. The third kappa shape index (κ3) is 3.74. The molecule has 112 valence electrons. The monoisotopic (exact) mass is 276 g/mol. The Bertz CT molecular complexity index is 408. The Hall–Kier alpha value is -1.06. The summed E-state index contributed by atoms with van der Waals surface area (Å²) in [7, 11) is 0. The van der Waals surface area contributed by atoms with Gasteiger partial charge in [0, 0.05) is 31.4 Å². The van der Waals surface area contributed by atoms with Crippen molar-refractivity contribution in [3.05, 3.63) is 29.8 Å².